The van der Waals surface area contributed by atoms with Gasteiger partial charge in [0, 0.05) is 25.2 Å². The monoisotopic (exact) mass is 574 g/mol. The van der Waals surface area contributed by atoms with E-state index in [2.05, 4.69) is 43.1 Å². The first-order chi connectivity index (χ1) is 18.6. The fourth-order valence-electron chi connectivity index (χ4n) is 6.88. The Kier molecular flexibility index (Phi) is 10.2. The topological polar surface area (TPSA) is 136 Å². The Morgan fingerprint density at radius 3 is 2.62 bits per heavy atom. The van der Waals surface area contributed by atoms with Gasteiger partial charge < -0.3 is 15.3 Å². The van der Waals surface area contributed by atoms with Crippen molar-refractivity contribution in [3.63, 3.8) is 0 Å². The quantitative estimate of drug-likeness (QED) is 0.0824. The van der Waals surface area contributed by atoms with E-state index in [0.717, 1.165) is 17.9 Å². The molecule has 2 bridgehead atoms. The number of carbonyl (C=O) groups excluding carboxylic acids is 1. The lowest BCUT2D eigenvalue weighted by molar-refractivity contribution is 0.0546. The Bertz CT molecular complexity index is 1080. The first kappa shape index (κ1) is 32.2. The van der Waals surface area contributed by atoms with E-state index in [-0.39, 0.29) is 23.8 Å². The van der Waals surface area contributed by atoms with Gasteiger partial charge in [0.15, 0.2) is 0 Å². The maximum Gasteiger partial charge on any atom is 0.411 e. The van der Waals surface area contributed by atoms with Crippen molar-refractivity contribution < 1.29 is 14.7 Å². The van der Waals surface area contributed by atoms with Crippen molar-refractivity contribution in [1.29, 1.82) is 5.41 Å². The van der Waals surface area contributed by atoms with Gasteiger partial charge in [-0.3, -0.25) is 16.6 Å². The average Bonchev–Trinajstić information content (AvgIpc) is 3.62. The summed E-state index contributed by atoms with van der Waals surface area (Å²) in [7, 11) is 1.86. The summed E-state index contributed by atoms with van der Waals surface area (Å²) in [5, 5.41) is 32.2. The van der Waals surface area contributed by atoms with Crippen LogP contribution >= 0.6 is 11.8 Å². The van der Waals surface area contributed by atoms with Crippen LogP contribution in [-0.4, -0.2) is 52.9 Å². The molecule has 224 valence electrons. The number of hydrogen-bond donors (Lipinski definition) is 5. The van der Waals surface area contributed by atoms with E-state index in [4.69, 9.17) is 16.0 Å². The second-order valence-corrected chi connectivity index (χ2v) is 14.3. The third-order valence-corrected chi connectivity index (χ3v) is 10.1. The van der Waals surface area contributed by atoms with E-state index in [1.807, 2.05) is 13.1 Å². The minimum atomic E-state index is -0.590. The Morgan fingerprint density at radius 2 is 2.05 bits per heavy atom. The number of hydrogen-bond acceptors (Lipinski definition) is 8. The molecule has 40 heavy (non-hydrogen) atoms. The van der Waals surface area contributed by atoms with Crippen LogP contribution in [0.1, 0.15) is 67.7 Å². The predicted octanol–water partition coefficient (Wildman–Crippen LogP) is 5.70. The lowest BCUT2D eigenvalue weighted by atomic mass is 9.61. The molecular formula is C30H50N6O3S. The molecular weight excluding hydrogens is 524 g/mol. The van der Waals surface area contributed by atoms with Crippen molar-refractivity contribution in [2.24, 2.45) is 51.9 Å². The molecule has 0 saturated heterocycles. The number of ether oxygens (including phenoxy) is 1. The first-order valence-corrected chi connectivity index (χ1v) is 15.2. The van der Waals surface area contributed by atoms with Gasteiger partial charge in [-0.1, -0.05) is 50.3 Å². The highest BCUT2D eigenvalue weighted by Gasteiger charge is 2.57. The van der Waals surface area contributed by atoms with Crippen LogP contribution in [-0.2, 0) is 4.74 Å². The molecule has 2 fully saturated rings. The van der Waals surface area contributed by atoms with Gasteiger partial charge in [0.05, 0.1) is 11.6 Å². The van der Waals surface area contributed by atoms with E-state index in [1.54, 1.807) is 38.1 Å². The largest absolute Gasteiger partial charge is 0.444 e. The predicted molar refractivity (Wildman–Crippen MR) is 164 cm³/mol. The molecule has 6 N–H and O–H groups in total. The molecule has 1 amide bonds. The van der Waals surface area contributed by atoms with Crippen molar-refractivity contribution in [1.82, 2.24) is 15.6 Å². The third-order valence-electron chi connectivity index (χ3n) is 9.17. The Balaban J connectivity index is 1.82. The van der Waals surface area contributed by atoms with Crippen molar-refractivity contribution in [2.75, 3.05) is 20.1 Å². The number of carbonyl (C=O) groups is 1. The fourth-order valence-corrected chi connectivity index (χ4v) is 7.41. The summed E-state index contributed by atoms with van der Waals surface area (Å²) in [6.45, 7) is 19.2. The summed E-state index contributed by atoms with van der Waals surface area (Å²) in [6, 6.07) is 0. The lowest BCUT2D eigenvalue weighted by Crippen LogP contribution is -2.46. The molecule has 5 unspecified atom stereocenters. The van der Waals surface area contributed by atoms with E-state index in [9.17, 15) is 10.0 Å². The minimum Gasteiger partial charge on any atom is -0.444 e. The van der Waals surface area contributed by atoms with Gasteiger partial charge in [-0.15, -0.1) is 0 Å². The van der Waals surface area contributed by atoms with Gasteiger partial charge in [0.25, 0.3) is 0 Å². The number of hydrazine groups is 1. The summed E-state index contributed by atoms with van der Waals surface area (Å²) in [5.74, 6) is 9.09. The van der Waals surface area contributed by atoms with Crippen LogP contribution in [0.5, 0.6) is 0 Å². The number of likely N-dealkylation sites (N-methyl/N-ethyl adjacent to an activating group) is 1. The fraction of sp³-hybridized carbons (Fsp3) is 0.700. The van der Waals surface area contributed by atoms with Crippen molar-refractivity contribution >= 4 is 28.7 Å². The molecule has 3 rings (SSSR count). The smallest absolute Gasteiger partial charge is 0.411 e. The number of allylic oxidation sites excluding steroid dienone is 3. The molecule has 2 saturated carbocycles. The number of oxime groups is 1. The summed E-state index contributed by atoms with van der Waals surface area (Å²) in [6.07, 6.45) is 5.07. The van der Waals surface area contributed by atoms with Crippen LogP contribution in [0.3, 0.4) is 0 Å². The minimum absolute atomic E-state index is 0.0407. The van der Waals surface area contributed by atoms with Gasteiger partial charge in [-0.05, 0) is 98.5 Å². The van der Waals surface area contributed by atoms with E-state index < -0.39 is 11.7 Å². The molecule has 0 radical (unpaired) electrons. The van der Waals surface area contributed by atoms with Crippen LogP contribution < -0.4 is 16.5 Å². The molecule has 0 spiro atoms. The van der Waals surface area contributed by atoms with Gasteiger partial charge in [-0.2, -0.15) is 0 Å². The number of nitrogens with two attached hydrogens (primary N) is 1. The van der Waals surface area contributed by atoms with Gasteiger partial charge in [0.1, 0.15) is 11.4 Å². The number of thioether (sulfide) groups is 1. The molecule has 0 aromatic rings. The summed E-state index contributed by atoms with van der Waals surface area (Å²) < 4.78 is 5.28. The normalized spacial score (nSPS) is 32.5. The standard InChI is InChI=1S/C30H50N6O3S/c1-10-21-23-13-30(8,17(2)11-20-12-22(20)23)19(4)26(24(21)15-36(9)32)27(35-38)33-14-25(31)40-16-18(3)34-28(37)39-29(5,6)7/h10,16-17,19-20,22-23,26,31,38H,1,11-15,32H2,2-9H3,(H,33,35)(H,34,37)/b18-16+,31-25?/t17?,19?,20?,22?,23-,26-,30?/m0/s1. The van der Waals surface area contributed by atoms with Crippen molar-refractivity contribution in [2.45, 2.75) is 73.3 Å². The number of amidine groups is 1. The van der Waals surface area contributed by atoms with Crippen LogP contribution in [0.4, 0.5) is 4.79 Å². The number of nitrogens with one attached hydrogen (secondary N) is 3. The summed E-state index contributed by atoms with van der Waals surface area (Å²) >= 11 is 1.18. The van der Waals surface area contributed by atoms with Crippen LogP contribution in [0.2, 0.25) is 0 Å². The van der Waals surface area contributed by atoms with Crippen molar-refractivity contribution in [3.8, 4) is 0 Å². The summed E-state index contributed by atoms with van der Waals surface area (Å²) in [5.41, 5.74) is 2.43. The van der Waals surface area contributed by atoms with Crippen LogP contribution in [0, 0.1) is 46.3 Å². The highest BCUT2D eigenvalue weighted by molar-refractivity contribution is 8.16. The highest BCUT2D eigenvalue weighted by Crippen LogP contribution is 2.64. The zero-order valence-corrected chi connectivity index (χ0v) is 26.3. The van der Waals surface area contributed by atoms with E-state index in [0.29, 0.717) is 40.9 Å². The zero-order valence-electron chi connectivity index (χ0n) is 25.5. The number of fused-ring (bicyclic) bond motifs is 4. The first-order valence-electron chi connectivity index (χ1n) is 14.3. The Labute approximate surface area is 244 Å². The highest BCUT2D eigenvalue weighted by atomic mass is 32.2. The Hall–Kier alpha value is -2.30. The molecule has 10 heteroatoms. The number of alkyl carbamates (subject to hydrolysis) is 1. The average molecular weight is 575 g/mol. The third kappa shape index (κ3) is 7.50. The second kappa shape index (κ2) is 12.7. The second-order valence-electron chi connectivity index (χ2n) is 13.3. The molecule has 7 atom stereocenters. The Morgan fingerprint density at radius 1 is 1.38 bits per heavy atom. The van der Waals surface area contributed by atoms with E-state index in [1.165, 1.54) is 30.2 Å². The zero-order chi connectivity index (χ0) is 30.0. The maximum absolute atomic E-state index is 12.0. The maximum atomic E-state index is 12.0. The van der Waals surface area contributed by atoms with Gasteiger partial charge in [-0.25, -0.2) is 9.80 Å². The SMILES string of the molecule is C=CC1=C(CN(C)N)[C@@H](/C(=N/O)NCC(=N)S/C=C(\C)NC(=O)OC(C)(C)C)C(C)C2(C)C[C@@H]1C1CC1CC2C. The lowest BCUT2D eigenvalue weighted by Gasteiger charge is -2.44. The molecule has 3 aliphatic carbocycles. The summed E-state index contributed by atoms with van der Waals surface area (Å²) in [4.78, 5) is 12.0. The molecule has 3 aliphatic rings. The number of rotatable bonds is 8. The molecule has 0 aromatic carbocycles. The van der Waals surface area contributed by atoms with Crippen LogP contribution in [0.15, 0.2) is 40.1 Å². The van der Waals surface area contributed by atoms with Gasteiger partial charge in [0.2, 0.25) is 0 Å². The van der Waals surface area contributed by atoms with Crippen molar-refractivity contribution in [3.05, 3.63) is 34.9 Å². The molecule has 0 heterocycles. The van der Waals surface area contributed by atoms with Gasteiger partial charge >= 0.3 is 6.09 Å². The number of nitrogens with zero attached hydrogens (tertiary/aromatic N) is 2. The molecule has 0 aromatic heterocycles. The van der Waals surface area contributed by atoms with Crippen LogP contribution in [0.25, 0.3) is 0 Å². The molecule has 9 nitrogen and oxygen atoms in total. The number of amides is 1. The van der Waals surface area contributed by atoms with E-state index >= 15 is 0 Å². The molecule has 0 aliphatic heterocycles.